The standard InChI is InChI=1S/C11H15NO2/c1-3-8-12(2)11(14)9-6-4-5-7-10(9)13/h1,9H,4-8H2,2H3. The zero-order valence-electron chi connectivity index (χ0n) is 8.45. The van der Waals surface area contributed by atoms with Gasteiger partial charge in [0.15, 0.2) is 0 Å². The van der Waals surface area contributed by atoms with E-state index in [4.69, 9.17) is 6.42 Å². The Labute approximate surface area is 84.5 Å². The van der Waals surface area contributed by atoms with E-state index in [0.29, 0.717) is 12.8 Å². The summed E-state index contributed by atoms with van der Waals surface area (Å²) in [5.74, 6) is 1.92. The summed E-state index contributed by atoms with van der Waals surface area (Å²) < 4.78 is 0. The van der Waals surface area contributed by atoms with Crippen molar-refractivity contribution < 1.29 is 9.59 Å². The maximum Gasteiger partial charge on any atom is 0.233 e. The van der Waals surface area contributed by atoms with Crippen LogP contribution in [0, 0.1) is 18.3 Å². The lowest BCUT2D eigenvalue weighted by Crippen LogP contribution is -2.38. The molecular formula is C11H15NO2. The molecule has 1 atom stereocenters. The van der Waals surface area contributed by atoms with Crippen LogP contribution in [0.25, 0.3) is 0 Å². The summed E-state index contributed by atoms with van der Waals surface area (Å²) in [6.45, 7) is 0.280. The predicted molar refractivity (Wildman–Crippen MR) is 53.4 cm³/mol. The fourth-order valence-electron chi connectivity index (χ4n) is 1.72. The van der Waals surface area contributed by atoms with Gasteiger partial charge in [-0.15, -0.1) is 6.42 Å². The van der Waals surface area contributed by atoms with Gasteiger partial charge in [0.2, 0.25) is 5.91 Å². The average Bonchev–Trinajstić information content (AvgIpc) is 2.18. The molecule has 76 valence electrons. The first-order valence-electron chi connectivity index (χ1n) is 4.88. The number of hydrogen-bond donors (Lipinski definition) is 0. The van der Waals surface area contributed by atoms with Gasteiger partial charge < -0.3 is 4.90 Å². The summed E-state index contributed by atoms with van der Waals surface area (Å²) in [5.41, 5.74) is 0. The number of amides is 1. The second-order valence-electron chi connectivity index (χ2n) is 3.66. The summed E-state index contributed by atoms with van der Waals surface area (Å²) in [4.78, 5) is 24.6. The molecule has 0 N–H and O–H groups in total. The normalized spacial score (nSPS) is 21.4. The van der Waals surface area contributed by atoms with Gasteiger partial charge in [0.25, 0.3) is 0 Å². The highest BCUT2D eigenvalue weighted by atomic mass is 16.2. The first-order chi connectivity index (χ1) is 6.66. The topological polar surface area (TPSA) is 37.4 Å². The quantitative estimate of drug-likeness (QED) is 0.481. The van der Waals surface area contributed by atoms with Crippen LogP contribution in [0.15, 0.2) is 0 Å². The number of nitrogens with zero attached hydrogens (tertiary/aromatic N) is 1. The Kier molecular flexibility index (Phi) is 3.70. The molecule has 3 nitrogen and oxygen atoms in total. The van der Waals surface area contributed by atoms with Gasteiger partial charge in [0.1, 0.15) is 5.78 Å². The average molecular weight is 193 g/mol. The van der Waals surface area contributed by atoms with Crippen molar-refractivity contribution in [3.8, 4) is 12.3 Å². The zero-order valence-corrected chi connectivity index (χ0v) is 8.45. The monoisotopic (exact) mass is 193 g/mol. The minimum Gasteiger partial charge on any atom is -0.334 e. The Morgan fingerprint density at radius 3 is 2.93 bits per heavy atom. The van der Waals surface area contributed by atoms with Crippen molar-refractivity contribution >= 4 is 11.7 Å². The third-order valence-electron chi connectivity index (χ3n) is 2.56. The Bertz CT molecular complexity index is 278. The Balaban J connectivity index is 2.59. The molecule has 0 spiro atoms. The van der Waals surface area contributed by atoms with Crippen molar-refractivity contribution in [1.82, 2.24) is 4.90 Å². The van der Waals surface area contributed by atoms with E-state index >= 15 is 0 Å². The van der Waals surface area contributed by atoms with Gasteiger partial charge in [-0.3, -0.25) is 9.59 Å². The van der Waals surface area contributed by atoms with E-state index in [-0.39, 0.29) is 18.2 Å². The minimum atomic E-state index is -0.429. The van der Waals surface area contributed by atoms with E-state index in [9.17, 15) is 9.59 Å². The number of terminal acetylenes is 1. The smallest absolute Gasteiger partial charge is 0.233 e. The number of Topliss-reactive ketones (excluding diaryl/α,β-unsaturated/α-hetero) is 1. The summed E-state index contributed by atoms with van der Waals surface area (Å²) >= 11 is 0. The fraction of sp³-hybridized carbons (Fsp3) is 0.636. The number of ketones is 1. The highest BCUT2D eigenvalue weighted by Crippen LogP contribution is 2.21. The molecule has 1 saturated carbocycles. The van der Waals surface area contributed by atoms with E-state index < -0.39 is 5.92 Å². The second kappa shape index (κ2) is 4.80. The molecule has 0 aliphatic heterocycles. The summed E-state index contributed by atoms with van der Waals surface area (Å²) in [6, 6.07) is 0. The lowest BCUT2D eigenvalue weighted by Gasteiger charge is -2.24. The largest absolute Gasteiger partial charge is 0.334 e. The van der Waals surface area contributed by atoms with Crippen molar-refractivity contribution in [3.05, 3.63) is 0 Å². The number of rotatable bonds is 2. The molecular weight excluding hydrogens is 178 g/mol. The Hall–Kier alpha value is -1.30. The van der Waals surface area contributed by atoms with Crippen LogP contribution in [0.2, 0.25) is 0 Å². The molecule has 0 heterocycles. The molecule has 3 heteroatoms. The van der Waals surface area contributed by atoms with E-state index in [1.807, 2.05) is 0 Å². The second-order valence-corrected chi connectivity index (χ2v) is 3.66. The van der Waals surface area contributed by atoms with Crippen molar-refractivity contribution in [3.63, 3.8) is 0 Å². The van der Waals surface area contributed by atoms with E-state index in [2.05, 4.69) is 5.92 Å². The van der Waals surface area contributed by atoms with Crippen LogP contribution in [0.3, 0.4) is 0 Å². The van der Waals surface area contributed by atoms with Gasteiger partial charge in [-0.05, 0) is 12.8 Å². The molecule has 1 fully saturated rings. The molecule has 0 aromatic heterocycles. The number of carbonyl (C=O) groups excluding carboxylic acids is 2. The van der Waals surface area contributed by atoms with Gasteiger partial charge in [-0.2, -0.15) is 0 Å². The van der Waals surface area contributed by atoms with Crippen LogP contribution in [-0.2, 0) is 9.59 Å². The van der Waals surface area contributed by atoms with Crippen LogP contribution < -0.4 is 0 Å². The fourth-order valence-corrected chi connectivity index (χ4v) is 1.72. The van der Waals surface area contributed by atoms with Gasteiger partial charge in [-0.1, -0.05) is 12.3 Å². The maximum absolute atomic E-state index is 11.7. The predicted octanol–water partition coefficient (Wildman–Crippen LogP) is 0.837. The van der Waals surface area contributed by atoms with Crippen LogP contribution in [-0.4, -0.2) is 30.2 Å². The number of carbonyl (C=O) groups is 2. The molecule has 1 aliphatic carbocycles. The molecule has 0 aromatic carbocycles. The van der Waals surface area contributed by atoms with Crippen LogP contribution in [0.5, 0.6) is 0 Å². The van der Waals surface area contributed by atoms with E-state index in [1.54, 1.807) is 7.05 Å². The molecule has 0 bridgehead atoms. The van der Waals surface area contributed by atoms with Gasteiger partial charge in [-0.25, -0.2) is 0 Å². The molecule has 1 amide bonds. The van der Waals surface area contributed by atoms with Crippen molar-refractivity contribution in [2.75, 3.05) is 13.6 Å². The third kappa shape index (κ3) is 2.35. The van der Waals surface area contributed by atoms with Crippen molar-refractivity contribution in [2.45, 2.75) is 25.7 Å². The van der Waals surface area contributed by atoms with Crippen LogP contribution >= 0.6 is 0 Å². The van der Waals surface area contributed by atoms with Crippen LogP contribution in [0.4, 0.5) is 0 Å². The summed E-state index contributed by atoms with van der Waals surface area (Å²) in [5, 5.41) is 0. The molecule has 0 radical (unpaired) electrons. The van der Waals surface area contributed by atoms with E-state index in [1.165, 1.54) is 4.90 Å². The highest BCUT2D eigenvalue weighted by molar-refractivity contribution is 6.01. The summed E-state index contributed by atoms with van der Waals surface area (Å²) in [6.07, 6.45) is 8.21. The summed E-state index contributed by atoms with van der Waals surface area (Å²) in [7, 11) is 1.64. The minimum absolute atomic E-state index is 0.0742. The maximum atomic E-state index is 11.7. The third-order valence-corrected chi connectivity index (χ3v) is 2.56. The number of hydrogen-bond acceptors (Lipinski definition) is 2. The molecule has 0 saturated heterocycles. The SMILES string of the molecule is C#CCN(C)C(=O)C1CCCCC1=O. The lowest BCUT2D eigenvalue weighted by atomic mass is 9.87. The van der Waals surface area contributed by atoms with Crippen LogP contribution in [0.1, 0.15) is 25.7 Å². The highest BCUT2D eigenvalue weighted by Gasteiger charge is 2.30. The lowest BCUT2D eigenvalue weighted by molar-refractivity contribution is -0.141. The molecule has 14 heavy (non-hydrogen) atoms. The van der Waals surface area contributed by atoms with Gasteiger partial charge in [0, 0.05) is 13.5 Å². The first kappa shape index (κ1) is 10.8. The van der Waals surface area contributed by atoms with Crippen molar-refractivity contribution in [2.24, 2.45) is 5.92 Å². The Morgan fingerprint density at radius 2 is 2.36 bits per heavy atom. The van der Waals surface area contributed by atoms with E-state index in [0.717, 1.165) is 12.8 Å². The van der Waals surface area contributed by atoms with Crippen molar-refractivity contribution in [1.29, 1.82) is 0 Å². The molecule has 1 rings (SSSR count). The molecule has 1 unspecified atom stereocenters. The first-order valence-corrected chi connectivity index (χ1v) is 4.88. The zero-order chi connectivity index (χ0) is 10.6. The Morgan fingerprint density at radius 1 is 1.64 bits per heavy atom. The van der Waals surface area contributed by atoms with Gasteiger partial charge in [0.05, 0.1) is 12.5 Å². The molecule has 1 aliphatic rings. The molecule has 0 aromatic rings. The van der Waals surface area contributed by atoms with Gasteiger partial charge >= 0.3 is 0 Å².